The van der Waals surface area contributed by atoms with Crippen molar-refractivity contribution in [3.8, 4) is 0 Å². The van der Waals surface area contributed by atoms with Crippen molar-refractivity contribution in [2.45, 2.75) is 19.3 Å². The summed E-state index contributed by atoms with van der Waals surface area (Å²) in [4.78, 5) is 30.4. The lowest BCUT2D eigenvalue weighted by atomic mass is 9.96. The first-order valence-corrected chi connectivity index (χ1v) is 11.8. The summed E-state index contributed by atoms with van der Waals surface area (Å²) >= 11 is 0. The molecule has 5 rings (SSSR count). The molecule has 7 nitrogen and oxygen atoms in total. The molecular weight excluding hydrogens is 442 g/mol. The normalized spacial score (nSPS) is 14.1. The maximum Gasteiger partial charge on any atom is 0.272 e. The second kappa shape index (κ2) is 10.5. The number of hydrogen-bond acceptors (Lipinski definition) is 5. The molecule has 1 saturated heterocycles. The zero-order valence-corrected chi connectivity index (χ0v) is 19.3. The number of carbonyl (C=O) groups excluding carboxylic acids is 2. The Hall–Kier alpha value is -3.97. The molecule has 0 radical (unpaired) electrons. The highest BCUT2D eigenvalue weighted by Gasteiger charge is 2.20. The third-order valence-corrected chi connectivity index (χ3v) is 6.37. The molecule has 35 heavy (non-hydrogen) atoms. The highest BCUT2D eigenvalue weighted by molar-refractivity contribution is 6.15. The van der Waals surface area contributed by atoms with Crippen LogP contribution in [0.5, 0.6) is 0 Å². The summed E-state index contributed by atoms with van der Waals surface area (Å²) in [5.74, 6) is 0.655. The van der Waals surface area contributed by atoms with E-state index in [0.29, 0.717) is 30.1 Å². The van der Waals surface area contributed by atoms with Crippen molar-refractivity contribution in [2.75, 3.05) is 25.1 Å². The number of ether oxygens (including phenoxy) is 1. The van der Waals surface area contributed by atoms with Crippen LogP contribution in [0.4, 0.5) is 5.69 Å². The zero-order valence-electron chi connectivity index (χ0n) is 19.3. The smallest absolute Gasteiger partial charge is 0.272 e. The van der Waals surface area contributed by atoms with E-state index in [1.807, 2.05) is 48.5 Å². The molecule has 0 atom stereocenters. The summed E-state index contributed by atoms with van der Waals surface area (Å²) < 4.78 is 10.9. The fourth-order valence-electron chi connectivity index (χ4n) is 4.46. The van der Waals surface area contributed by atoms with E-state index < -0.39 is 0 Å². The lowest BCUT2D eigenvalue weighted by Gasteiger charge is -2.22. The minimum Gasteiger partial charge on any atom is -0.469 e. The molecule has 1 aliphatic rings. The third-order valence-electron chi connectivity index (χ3n) is 6.37. The lowest BCUT2D eigenvalue weighted by molar-refractivity contribution is 0.0642. The molecule has 2 N–H and O–H groups in total. The van der Waals surface area contributed by atoms with Crippen LogP contribution in [0.15, 0.2) is 77.5 Å². The molecule has 2 aromatic heterocycles. The Bertz CT molecular complexity index is 1330. The van der Waals surface area contributed by atoms with Crippen LogP contribution in [0.2, 0.25) is 0 Å². The number of benzene rings is 2. The molecule has 0 spiro atoms. The third kappa shape index (κ3) is 5.25. The van der Waals surface area contributed by atoms with Gasteiger partial charge in [0.05, 0.1) is 12.0 Å². The van der Waals surface area contributed by atoms with E-state index in [1.165, 1.54) is 0 Å². The van der Waals surface area contributed by atoms with Crippen molar-refractivity contribution < 1.29 is 18.7 Å². The fourth-order valence-corrected chi connectivity index (χ4v) is 4.46. The molecule has 1 fully saturated rings. The summed E-state index contributed by atoms with van der Waals surface area (Å²) in [5.41, 5.74) is 2.18. The highest BCUT2D eigenvalue weighted by Crippen LogP contribution is 2.26. The molecule has 3 heterocycles. The van der Waals surface area contributed by atoms with Crippen molar-refractivity contribution in [1.29, 1.82) is 0 Å². The van der Waals surface area contributed by atoms with Crippen molar-refractivity contribution in [2.24, 2.45) is 5.92 Å². The monoisotopic (exact) mass is 469 g/mol. The Morgan fingerprint density at radius 1 is 0.914 bits per heavy atom. The maximum atomic E-state index is 13.3. The van der Waals surface area contributed by atoms with Gasteiger partial charge in [0, 0.05) is 37.9 Å². The molecule has 7 heteroatoms. The summed E-state index contributed by atoms with van der Waals surface area (Å²) in [6.07, 6.45) is 5.70. The number of aromatic nitrogens is 1. The van der Waals surface area contributed by atoms with Gasteiger partial charge in [-0.1, -0.05) is 30.3 Å². The van der Waals surface area contributed by atoms with Gasteiger partial charge in [-0.25, -0.2) is 4.98 Å². The van der Waals surface area contributed by atoms with E-state index in [4.69, 9.17) is 9.15 Å². The van der Waals surface area contributed by atoms with E-state index in [1.54, 1.807) is 24.6 Å². The van der Waals surface area contributed by atoms with E-state index in [9.17, 15) is 9.59 Å². The Morgan fingerprint density at radius 2 is 1.74 bits per heavy atom. The first-order valence-electron chi connectivity index (χ1n) is 11.8. The molecule has 0 saturated carbocycles. The molecule has 178 valence electrons. The van der Waals surface area contributed by atoms with Gasteiger partial charge in [0.1, 0.15) is 5.76 Å². The van der Waals surface area contributed by atoms with Gasteiger partial charge in [0.25, 0.3) is 11.8 Å². The van der Waals surface area contributed by atoms with Gasteiger partial charge in [-0.15, -0.1) is 0 Å². The Morgan fingerprint density at radius 3 is 2.54 bits per heavy atom. The average molecular weight is 470 g/mol. The van der Waals surface area contributed by atoms with Gasteiger partial charge in [-0.05, 0) is 65.4 Å². The van der Waals surface area contributed by atoms with Crippen molar-refractivity contribution >= 4 is 28.3 Å². The van der Waals surface area contributed by atoms with Crippen LogP contribution in [0.1, 0.15) is 45.0 Å². The predicted molar refractivity (Wildman–Crippen MR) is 134 cm³/mol. The largest absolute Gasteiger partial charge is 0.469 e. The van der Waals surface area contributed by atoms with Crippen LogP contribution in [0.3, 0.4) is 0 Å². The molecule has 2 aromatic carbocycles. The second-order valence-electron chi connectivity index (χ2n) is 8.69. The Balaban J connectivity index is 1.35. The predicted octanol–water partition coefficient (Wildman–Crippen LogP) is 4.83. The van der Waals surface area contributed by atoms with Crippen molar-refractivity contribution in [1.82, 2.24) is 10.3 Å². The van der Waals surface area contributed by atoms with E-state index >= 15 is 0 Å². The van der Waals surface area contributed by atoms with Crippen LogP contribution in [0.25, 0.3) is 10.8 Å². The van der Waals surface area contributed by atoms with Crippen LogP contribution in [-0.2, 0) is 11.2 Å². The second-order valence-corrected chi connectivity index (χ2v) is 8.69. The van der Waals surface area contributed by atoms with Gasteiger partial charge in [0.15, 0.2) is 5.69 Å². The first-order chi connectivity index (χ1) is 17.2. The van der Waals surface area contributed by atoms with Crippen LogP contribution in [-0.4, -0.2) is 36.6 Å². The number of anilines is 1. The lowest BCUT2D eigenvalue weighted by Crippen LogP contribution is -2.33. The van der Waals surface area contributed by atoms with Gasteiger partial charge in [-0.3, -0.25) is 9.59 Å². The molecule has 2 amide bonds. The standard InChI is InChI=1S/C28H27N3O4/c32-27(24-10-9-20(17-21-5-4-14-35-21)22-6-1-2-7-23(22)24)31-25-8-3-13-29-26(25)28(33)30-18-19-11-15-34-16-12-19/h1-10,13-14,19H,11-12,15-18H2,(H,30,33)(H,31,32). The molecule has 1 aliphatic heterocycles. The van der Waals surface area contributed by atoms with Gasteiger partial charge >= 0.3 is 0 Å². The highest BCUT2D eigenvalue weighted by atomic mass is 16.5. The number of fused-ring (bicyclic) bond motifs is 1. The van der Waals surface area contributed by atoms with Crippen LogP contribution >= 0.6 is 0 Å². The number of amides is 2. The summed E-state index contributed by atoms with van der Waals surface area (Å²) in [5, 5.41) is 7.69. The topological polar surface area (TPSA) is 93.5 Å². The van der Waals surface area contributed by atoms with Gasteiger partial charge in [0.2, 0.25) is 0 Å². The number of hydrogen-bond donors (Lipinski definition) is 2. The molecule has 0 unspecified atom stereocenters. The number of pyridine rings is 1. The first kappa shape index (κ1) is 22.8. The fraction of sp³-hybridized carbons (Fsp3) is 0.250. The van der Waals surface area contributed by atoms with Crippen LogP contribution in [0, 0.1) is 5.92 Å². The Labute approximate surface area is 203 Å². The van der Waals surface area contributed by atoms with E-state index in [-0.39, 0.29) is 17.5 Å². The van der Waals surface area contributed by atoms with Gasteiger partial charge < -0.3 is 19.8 Å². The SMILES string of the molecule is O=C(NCC1CCOCC1)c1ncccc1NC(=O)c1ccc(Cc2ccco2)c2ccccc12. The number of rotatable bonds is 7. The van der Waals surface area contributed by atoms with Crippen molar-refractivity contribution in [3.63, 3.8) is 0 Å². The number of furan rings is 1. The maximum absolute atomic E-state index is 13.3. The van der Waals surface area contributed by atoms with E-state index in [2.05, 4.69) is 15.6 Å². The summed E-state index contributed by atoms with van der Waals surface area (Å²) in [7, 11) is 0. The number of nitrogens with one attached hydrogen (secondary N) is 2. The zero-order chi connectivity index (χ0) is 24.0. The average Bonchev–Trinajstić information content (AvgIpc) is 3.41. The number of carbonyl (C=O) groups is 2. The summed E-state index contributed by atoms with van der Waals surface area (Å²) in [6.45, 7) is 2.01. The van der Waals surface area contributed by atoms with E-state index in [0.717, 1.165) is 48.2 Å². The molecule has 0 aliphatic carbocycles. The number of nitrogens with zero attached hydrogens (tertiary/aromatic N) is 1. The minimum absolute atomic E-state index is 0.201. The molecule has 4 aromatic rings. The van der Waals surface area contributed by atoms with Crippen molar-refractivity contribution in [3.05, 3.63) is 95.7 Å². The minimum atomic E-state index is -0.300. The van der Waals surface area contributed by atoms with Crippen LogP contribution < -0.4 is 10.6 Å². The summed E-state index contributed by atoms with van der Waals surface area (Å²) in [6, 6.07) is 18.8. The quantitative estimate of drug-likeness (QED) is 0.405. The van der Waals surface area contributed by atoms with Gasteiger partial charge in [-0.2, -0.15) is 0 Å². The molecule has 0 bridgehead atoms. The molecular formula is C28H27N3O4. The Kier molecular flexibility index (Phi) is 6.86.